The van der Waals surface area contributed by atoms with Gasteiger partial charge in [0.2, 0.25) is 5.75 Å². The topological polar surface area (TPSA) is 94.7 Å². The Bertz CT molecular complexity index is 463. The van der Waals surface area contributed by atoms with E-state index in [2.05, 4.69) is 14.5 Å². The van der Waals surface area contributed by atoms with Gasteiger partial charge < -0.3 is 24.7 Å². The van der Waals surface area contributed by atoms with Gasteiger partial charge in [0.05, 0.1) is 19.3 Å². The zero-order valence-corrected chi connectivity index (χ0v) is 8.89. The fraction of sp³-hybridized carbons (Fsp3) is 0.375. The first-order chi connectivity index (χ1) is 8.30. The molecule has 0 fully saturated rings. The van der Waals surface area contributed by atoms with E-state index < -0.39 is 35.0 Å². The van der Waals surface area contributed by atoms with Crippen LogP contribution in [0, 0.1) is 10.1 Å². The average molecular weight is 268 g/mol. The summed E-state index contributed by atoms with van der Waals surface area (Å²) < 4.78 is 44.6. The molecule has 0 aliphatic heterocycles. The minimum atomic E-state index is -5.15. The number of methoxy groups -OCH3 is 1. The lowest BCUT2D eigenvalue weighted by atomic mass is 10.2. The fourth-order valence-corrected chi connectivity index (χ4v) is 1.18. The van der Waals surface area contributed by atoms with Crippen LogP contribution in [-0.2, 0) is 6.61 Å². The second-order valence-electron chi connectivity index (χ2n) is 2.92. The quantitative estimate of drug-likeness (QED) is 0.655. The molecule has 100 valence electrons. The van der Waals surface area contributed by atoms with E-state index in [1.165, 1.54) is 0 Å². The third-order valence-corrected chi connectivity index (χ3v) is 1.85. The van der Waals surface area contributed by atoms with Gasteiger partial charge in [0.25, 0.3) is 0 Å². The third-order valence-electron chi connectivity index (χ3n) is 1.85. The Morgan fingerprint density at radius 1 is 1.56 bits per heavy atom. The SMILES string of the molecule is COc1cnc([N+](=O)[O-])c(OC(F)(F)F)c1CO. The van der Waals surface area contributed by atoms with Crippen LogP contribution < -0.4 is 9.47 Å². The lowest BCUT2D eigenvalue weighted by Crippen LogP contribution is -2.19. The summed E-state index contributed by atoms with van der Waals surface area (Å²) in [6.07, 6.45) is -4.32. The number of ether oxygens (including phenoxy) is 2. The molecule has 1 rings (SSSR count). The Morgan fingerprint density at radius 2 is 2.17 bits per heavy atom. The Balaban J connectivity index is 3.43. The van der Waals surface area contributed by atoms with E-state index in [1.807, 2.05) is 0 Å². The van der Waals surface area contributed by atoms with E-state index in [0.29, 0.717) is 0 Å². The van der Waals surface area contributed by atoms with E-state index in [-0.39, 0.29) is 5.75 Å². The van der Waals surface area contributed by atoms with Crippen LogP contribution >= 0.6 is 0 Å². The van der Waals surface area contributed by atoms with Crippen molar-refractivity contribution in [3.63, 3.8) is 0 Å². The predicted octanol–water partition coefficient (Wildman–Crippen LogP) is 1.39. The van der Waals surface area contributed by atoms with Gasteiger partial charge in [-0.1, -0.05) is 0 Å². The van der Waals surface area contributed by atoms with Gasteiger partial charge in [0.15, 0.2) is 11.9 Å². The number of hydrogen-bond acceptors (Lipinski definition) is 6. The van der Waals surface area contributed by atoms with Gasteiger partial charge in [-0.25, -0.2) is 0 Å². The fourth-order valence-electron chi connectivity index (χ4n) is 1.18. The highest BCUT2D eigenvalue weighted by Gasteiger charge is 2.37. The average Bonchev–Trinajstić information content (AvgIpc) is 2.25. The van der Waals surface area contributed by atoms with Crippen molar-refractivity contribution in [2.75, 3.05) is 7.11 Å². The molecule has 0 bridgehead atoms. The molecule has 0 saturated heterocycles. The van der Waals surface area contributed by atoms with Crippen molar-refractivity contribution >= 4 is 5.82 Å². The Hall–Kier alpha value is -2.10. The van der Waals surface area contributed by atoms with E-state index >= 15 is 0 Å². The maximum Gasteiger partial charge on any atom is 0.573 e. The molecule has 7 nitrogen and oxygen atoms in total. The number of nitrogens with zero attached hydrogens (tertiary/aromatic N) is 2. The molecule has 0 saturated carbocycles. The van der Waals surface area contributed by atoms with Crippen molar-refractivity contribution in [1.29, 1.82) is 0 Å². The van der Waals surface area contributed by atoms with Crippen LogP contribution in [0.5, 0.6) is 11.5 Å². The molecule has 1 heterocycles. The highest BCUT2D eigenvalue weighted by molar-refractivity contribution is 5.52. The first-order valence-electron chi connectivity index (χ1n) is 4.37. The van der Waals surface area contributed by atoms with E-state index in [0.717, 1.165) is 13.3 Å². The number of pyridine rings is 1. The number of aliphatic hydroxyl groups is 1. The van der Waals surface area contributed by atoms with Crippen molar-refractivity contribution in [2.24, 2.45) is 0 Å². The molecule has 1 aromatic heterocycles. The van der Waals surface area contributed by atoms with Gasteiger partial charge in [-0.2, -0.15) is 0 Å². The summed E-state index contributed by atoms with van der Waals surface area (Å²) >= 11 is 0. The van der Waals surface area contributed by atoms with Gasteiger partial charge in [-0.05, 0) is 9.91 Å². The molecule has 18 heavy (non-hydrogen) atoms. The van der Waals surface area contributed by atoms with Crippen LogP contribution in [0.1, 0.15) is 5.56 Å². The molecule has 10 heteroatoms. The van der Waals surface area contributed by atoms with Crippen molar-refractivity contribution < 1.29 is 32.7 Å². The first-order valence-corrected chi connectivity index (χ1v) is 4.37. The van der Waals surface area contributed by atoms with Crippen LogP contribution in [-0.4, -0.2) is 28.5 Å². The number of rotatable bonds is 4. The summed E-state index contributed by atoms with van der Waals surface area (Å²) in [4.78, 5) is 12.6. The van der Waals surface area contributed by atoms with Crippen molar-refractivity contribution in [1.82, 2.24) is 4.98 Å². The van der Waals surface area contributed by atoms with Crippen LogP contribution in [0.3, 0.4) is 0 Å². The molecule has 1 N–H and O–H groups in total. The minimum absolute atomic E-state index is 0.248. The van der Waals surface area contributed by atoms with Gasteiger partial charge in [0.1, 0.15) is 0 Å². The summed E-state index contributed by atoms with van der Waals surface area (Å²) in [7, 11) is 1.11. The van der Waals surface area contributed by atoms with Gasteiger partial charge in [-0.15, -0.1) is 13.2 Å². The molecule has 0 aliphatic rings. The summed E-state index contributed by atoms with van der Waals surface area (Å²) in [5, 5.41) is 19.5. The van der Waals surface area contributed by atoms with Crippen LogP contribution in [0.4, 0.5) is 19.0 Å². The van der Waals surface area contributed by atoms with Crippen LogP contribution in [0.2, 0.25) is 0 Å². The maximum absolute atomic E-state index is 12.1. The van der Waals surface area contributed by atoms with E-state index in [4.69, 9.17) is 5.11 Å². The normalized spacial score (nSPS) is 11.2. The first kappa shape index (κ1) is 14.0. The molecule has 0 radical (unpaired) electrons. The molecule has 0 unspecified atom stereocenters. The van der Waals surface area contributed by atoms with Crippen LogP contribution in [0.25, 0.3) is 0 Å². The number of hydrogen-bond donors (Lipinski definition) is 1. The Labute approximate surface area is 97.9 Å². The number of halogens is 3. The third kappa shape index (κ3) is 2.97. The molecule has 0 spiro atoms. The van der Waals surface area contributed by atoms with Gasteiger partial charge in [0, 0.05) is 0 Å². The summed E-state index contributed by atoms with van der Waals surface area (Å²) in [6.45, 7) is -0.933. The largest absolute Gasteiger partial charge is 0.573 e. The van der Waals surface area contributed by atoms with Crippen molar-refractivity contribution in [3.8, 4) is 11.5 Å². The number of aliphatic hydroxyl groups excluding tert-OH is 1. The van der Waals surface area contributed by atoms with E-state index in [9.17, 15) is 23.3 Å². The van der Waals surface area contributed by atoms with Gasteiger partial charge in [-0.3, -0.25) is 0 Å². The second kappa shape index (κ2) is 5.04. The standard InChI is InChI=1S/C8H7F3N2O5/c1-17-5-2-12-7(13(15)16)6(4(5)3-14)18-8(9,10)11/h2,14H,3H2,1H3. The molecular formula is C8H7F3N2O5. The van der Waals surface area contributed by atoms with Gasteiger partial charge >= 0.3 is 12.2 Å². The monoisotopic (exact) mass is 268 g/mol. The van der Waals surface area contributed by atoms with Crippen molar-refractivity contribution in [3.05, 3.63) is 21.9 Å². The molecule has 0 aliphatic carbocycles. The number of aromatic nitrogens is 1. The lowest BCUT2D eigenvalue weighted by Gasteiger charge is -2.13. The lowest BCUT2D eigenvalue weighted by molar-refractivity contribution is -0.393. The summed E-state index contributed by atoms with van der Waals surface area (Å²) in [6, 6.07) is 0. The minimum Gasteiger partial charge on any atom is -0.492 e. The summed E-state index contributed by atoms with van der Waals surface area (Å²) in [5.74, 6) is -2.59. The number of nitro groups is 1. The zero-order valence-electron chi connectivity index (χ0n) is 8.89. The Morgan fingerprint density at radius 3 is 2.56 bits per heavy atom. The smallest absolute Gasteiger partial charge is 0.492 e. The molecule has 0 aromatic carbocycles. The zero-order chi connectivity index (χ0) is 13.9. The summed E-state index contributed by atoms with van der Waals surface area (Å²) in [5.41, 5.74) is -0.503. The molecule has 0 atom stereocenters. The number of alkyl halides is 3. The van der Waals surface area contributed by atoms with Crippen LogP contribution in [0.15, 0.2) is 6.20 Å². The highest BCUT2D eigenvalue weighted by Crippen LogP contribution is 2.38. The maximum atomic E-state index is 12.1. The molecule has 0 amide bonds. The molecule has 1 aromatic rings. The van der Waals surface area contributed by atoms with Crippen molar-refractivity contribution in [2.45, 2.75) is 13.0 Å². The molecular weight excluding hydrogens is 261 g/mol. The highest BCUT2D eigenvalue weighted by atomic mass is 19.4. The Kier molecular flexibility index (Phi) is 3.91. The van der Waals surface area contributed by atoms with E-state index in [1.54, 1.807) is 0 Å². The predicted molar refractivity (Wildman–Crippen MR) is 50.0 cm³/mol. The second-order valence-corrected chi connectivity index (χ2v) is 2.92.